The average Bonchev–Trinajstić information content (AvgIpc) is 2.39. The molecule has 1 unspecified atom stereocenters. The number of hydrogen-bond donors (Lipinski definition) is 1. The Morgan fingerprint density at radius 1 is 1.30 bits per heavy atom. The van der Waals surface area contributed by atoms with E-state index in [4.69, 9.17) is 5.73 Å². The van der Waals surface area contributed by atoms with Crippen molar-refractivity contribution in [2.45, 2.75) is 44.8 Å². The van der Waals surface area contributed by atoms with Gasteiger partial charge >= 0.3 is 6.18 Å². The van der Waals surface area contributed by atoms with Gasteiger partial charge in [0, 0.05) is 18.3 Å². The molecule has 0 bridgehead atoms. The van der Waals surface area contributed by atoms with E-state index in [2.05, 4.69) is 11.8 Å². The van der Waals surface area contributed by atoms with E-state index in [9.17, 15) is 13.2 Å². The molecule has 2 N–H and O–H groups in total. The number of alkyl halides is 3. The maximum Gasteiger partial charge on any atom is 0.416 e. The van der Waals surface area contributed by atoms with Crippen LogP contribution in [0.15, 0.2) is 18.2 Å². The molecule has 0 amide bonds. The Labute approximate surface area is 117 Å². The van der Waals surface area contributed by atoms with E-state index >= 15 is 0 Å². The minimum Gasteiger partial charge on any atom is -0.369 e. The van der Waals surface area contributed by atoms with Gasteiger partial charge in [-0.05, 0) is 56.8 Å². The molecule has 1 saturated heterocycles. The van der Waals surface area contributed by atoms with Crippen LogP contribution in [0.25, 0.3) is 0 Å². The van der Waals surface area contributed by atoms with Crippen molar-refractivity contribution in [3.05, 3.63) is 29.3 Å². The van der Waals surface area contributed by atoms with Gasteiger partial charge in [0.15, 0.2) is 0 Å². The number of hydrogen-bond acceptors (Lipinski definition) is 2. The zero-order valence-corrected chi connectivity index (χ0v) is 11.7. The zero-order chi connectivity index (χ0) is 14.8. The Balaban J connectivity index is 2.36. The molecule has 20 heavy (non-hydrogen) atoms. The Hall–Kier alpha value is -1.23. The number of piperidine rings is 1. The second-order valence-electron chi connectivity index (χ2n) is 5.42. The number of benzene rings is 1. The van der Waals surface area contributed by atoms with Crippen LogP contribution in [0.3, 0.4) is 0 Å². The van der Waals surface area contributed by atoms with E-state index in [0.29, 0.717) is 11.7 Å². The monoisotopic (exact) mass is 286 g/mol. The van der Waals surface area contributed by atoms with Gasteiger partial charge in [0.2, 0.25) is 0 Å². The van der Waals surface area contributed by atoms with Crippen molar-refractivity contribution in [2.24, 2.45) is 5.73 Å². The Bertz CT molecular complexity index is 457. The molecule has 1 aliphatic heterocycles. The lowest BCUT2D eigenvalue weighted by molar-refractivity contribution is -0.138. The minimum atomic E-state index is -4.32. The Morgan fingerprint density at radius 2 is 2.05 bits per heavy atom. The van der Waals surface area contributed by atoms with E-state index in [0.717, 1.165) is 25.8 Å². The summed E-state index contributed by atoms with van der Waals surface area (Å²) in [6.07, 6.45) is -0.846. The first-order valence-corrected chi connectivity index (χ1v) is 7.10. The summed E-state index contributed by atoms with van der Waals surface area (Å²) >= 11 is 0. The summed E-state index contributed by atoms with van der Waals surface area (Å²) in [6.45, 7) is 3.12. The third-order valence-corrected chi connectivity index (χ3v) is 3.95. The van der Waals surface area contributed by atoms with Crippen LogP contribution in [0.4, 0.5) is 18.9 Å². The highest BCUT2D eigenvalue weighted by Crippen LogP contribution is 2.36. The molecule has 0 aliphatic carbocycles. The predicted molar refractivity (Wildman–Crippen MR) is 74.9 cm³/mol. The van der Waals surface area contributed by atoms with Crippen LogP contribution >= 0.6 is 0 Å². The van der Waals surface area contributed by atoms with Gasteiger partial charge in [0.25, 0.3) is 0 Å². The highest BCUT2D eigenvalue weighted by Gasteiger charge is 2.34. The molecular weight excluding hydrogens is 265 g/mol. The third-order valence-electron chi connectivity index (χ3n) is 3.95. The average molecular weight is 286 g/mol. The van der Waals surface area contributed by atoms with Crippen LogP contribution in [-0.4, -0.2) is 19.1 Å². The second-order valence-corrected chi connectivity index (χ2v) is 5.42. The van der Waals surface area contributed by atoms with Gasteiger partial charge in [0.1, 0.15) is 0 Å². The van der Waals surface area contributed by atoms with Gasteiger partial charge in [-0.25, -0.2) is 0 Å². The fourth-order valence-corrected chi connectivity index (χ4v) is 2.86. The first kappa shape index (κ1) is 15.2. The number of halogens is 3. The minimum absolute atomic E-state index is 0.225. The topological polar surface area (TPSA) is 29.3 Å². The number of anilines is 1. The van der Waals surface area contributed by atoms with E-state index < -0.39 is 11.7 Å². The van der Waals surface area contributed by atoms with Crippen molar-refractivity contribution >= 4 is 5.69 Å². The number of nitrogens with zero attached hydrogens (tertiary/aromatic N) is 1. The first-order valence-electron chi connectivity index (χ1n) is 7.10. The maximum atomic E-state index is 13.2. The molecule has 2 rings (SSSR count). The first-order chi connectivity index (χ1) is 9.43. The van der Waals surface area contributed by atoms with Crippen molar-refractivity contribution < 1.29 is 13.2 Å². The molecule has 0 aromatic heterocycles. The van der Waals surface area contributed by atoms with Gasteiger partial charge in [-0.3, -0.25) is 0 Å². The molecule has 1 aromatic carbocycles. The van der Waals surface area contributed by atoms with Crippen LogP contribution in [0.5, 0.6) is 0 Å². The smallest absolute Gasteiger partial charge is 0.369 e. The van der Waals surface area contributed by atoms with Gasteiger partial charge < -0.3 is 10.6 Å². The summed E-state index contributed by atoms with van der Waals surface area (Å²) in [6, 6.07) is 4.95. The van der Waals surface area contributed by atoms with Gasteiger partial charge in [-0.2, -0.15) is 13.2 Å². The molecule has 0 radical (unpaired) electrons. The molecule has 0 saturated carbocycles. The second kappa shape index (κ2) is 6.04. The fraction of sp³-hybridized carbons (Fsp3) is 0.600. The Kier molecular flexibility index (Phi) is 4.58. The van der Waals surface area contributed by atoms with Crippen LogP contribution in [0, 0.1) is 0 Å². The highest BCUT2D eigenvalue weighted by molar-refractivity contribution is 5.53. The van der Waals surface area contributed by atoms with Crippen molar-refractivity contribution in [2.75, 3.05) is 18.0 Å². The molecule has 0 spiro atoms. The van der Waals surface area contributed by atoms with Gasteiger partial charge in [-0.15, -0.1) is 0 Å². The van der Waals surface area contributed by atoms with E-state index in [1.54, 1.807) is 12.1 Å². The largest absolute Gasteiger partial charge is 0.416 e. The van der Waals surface area contributed by atoms with Gasteiger partial charge in [-0.1, -0.05) is 6.07 Å². The van der Waals surface area contributed by atoms with Crippen molar-refractivity contribution in [1.82, 2.24) is 0 Å². The summed E-state index contributed by atoms with van der Waals surface area (Å²) in [7, 11) is 0. The summed E-state index contributed by atoms with van der Waals surface area (Å²) in [5.74, 6) is 0. The molecule has 1 atom stereocenters. The lowest BCUT2D eigenvalue weighted by Crippen LogP contribution is -2.37. The van der Waals surface area contributed by atoms with E-state index in [-0.39, 0.29) is 18.5 Å². The van der Waals surface area contributed by atoms with Crippen LogP contribution < -0.4 is 10.6 Å². The Morgan fingerprint density at radius 3 is 2.65 bits per heavy atom. The van der Waals surface area contributed by atoms with Gasteiger partial charge in [0.05, 0.1) is 5.56 Å². The highest BCUT2D eigenvalue weighted by atomic mass is 19.4. The van der Waals surface area contributed by atoms with Crippen molar-refractivity contribution in [3.63, 3.8) is 0 Å². The van der Waals surface area contributed by atoms with Crippen molar-refractivity contribution in [1.29, 1.82) is 0 Å². The molecule has 1 aromatic rings. The molecule has 2 nitrogen and oxygen atoms in total. The quantitative estimate of drug-likeness (QED) is 0.920. The van der Waals surface area contributed by atoms with Crippen LogP contribution in [-0.2, 0) is 12.6 Å². The lowest BCUT2D eigenvalue weighted by Gasteiger charge is -2.36. The number of nitrogens with two attached hydrogens (primary N) is 1. The fourth-order valence-electron chi connectivity index (χ4n) is 2.86. The molecule has 1 fully saturated rings. The summed E-state index contributed by atoms with van der Waals surface area (Å²) in [4.78, 5) is 2.07. The normalized spacial score (nSPS) is 20.2. The SMILES string of the molecule is CC1CCCCN1c1ccc(CCN)c(C(F)(F)F)c1. The third kappa shape index (κ3) is 3.26. The summed E-state index contributed by atoms with van der Waals surface area (Å²) < 4.78 is 39.5. The molecule has 1 aliphatic rings. The standard InChI is InChI=1S/C15H21F3N2/c1-11-4-2-3-9-20(11)13-6-5-12(7-8-19)14(10-13)15(16,17)18/h5-6,10-11H,2-4,7-9,19H2,1H3. The zero-order valence-electron chi connectivity index (χ0n) is 11.7. The summed E-state index contributed by atoms with van der Waals surface area (Å²) in [5.41, 5.74) is 5.81. The lowest BCUT2D eigenvalue weighted by atomic mass is 9.99. The molecule has 5 heteroatoms. The maximum absolute atomic E-state index is 13.2. The van der Waals surface area contributed by atoms with Crippen LogP contribution in [0.2, 0.25) is 0 Å². The van der Waals surface area contributed by atoms with Crippen LogP contribution in [0.1, 0.15) is 37.3 Å². The predicted octanol–water partition coefficient (Wildman–Crippen LogP) is 3.59. The van der Waals surface area contributed by atoms with E-state index in [1.807, 2.05) is 0 Å². The summed E-state index contributed by atoms with van der Waals surface area (Å²) in [5, 5.41) is 0. The number of rotatable bonds is 3. The van der Waals surface area contributed by atoms with Crippen molar-refractivity contribution in [3.8, 4) is 0 Å². The molecule has 1 heterocycles. The molecular formula is C15H21F3N2. The molecule has 112 valence electrons. The van der Waals surface area contributed by atoms with E-state index in [1.165, 1.54) is 6.07 Å².